The molecule has 0 heterocycles. The first-order valence-electron chi connectivity index (χ1n) is 7.40. The molecule has 3 N–H and O–H groups in total. The normalized spacial score (nSPS) is 17.6. The summed E-state index contributed by atoms with van der Waals surface area (Å²) in [6.45, 7) is 2.25. The summed E-state index contributed by atoms with van der Waals surface area (Å²) in [4.78, 5) is 4.71. The number of nitrogens with two attached hydrogens (primary N) is 1. The second-order valence-electron chi connectivity index (χ2n) is 5.18. The maximum absolute atomic E-state index is 5.53. The Kier molecular flexibility index (Phi) is 8.06. The van der Waals surface area contributed by atoms with Crippen LogP contribution in [0.15, 0.2) is 4.99 Å². The van der Waals surface area contributed by atoms with Crippen molar-refractivity contribution in [1.82, 2.24) is 5.43 Å². The maximum Gasteiger partial charge on any atom is 0.111 e. The summed E-state index contributed by atoms with van der Waals surface area (Å²) in [6.07, 6.45) is 14.2. The number of hydrogen-bond donors (Lipinski definition) is 2. The van der Waals surface area contributed by atoms with Gasteiger partial charge < -0.3 is 5.43 Å². The lowest BCUT2D eigenvalue weighted by Gasteiger charge is -2.09. The Labute approximate surface area is 106 Å². The molecule has 3 heteroatoms. The monoisotopic (exact) mass is 239 g/mol. The Morgan fingerprint density at radius 3 is 2.41 bits per heavy atom. The largest absolute Gasteiger partial charge is 0.312 e. The van der Waals surface area contributed by atoms with E-state index in [9.17, 15) is 0 Å². The highest BCUT2D eigenvalue weighted by Crippen LogP contribution is 2.21. The van der Waals surface area contributed by atoms with Crippen molar-refractivity contribution in [1.29, 1.82) is 0 Å². The average molecular weight is 239 g/mol. The molecule has 0 radical (unpaired) electrons. The van der Waals surface area contributed by atoms with Crippen LogP contribution in [0.2, 0.25) is 0 Å². The minimum atomic E-state index is 0.543. The van der Waals surface area contributed by atoms with Crippen molar-refractivity contribution in [3.8, 4) is 0 Å². The van der Waals surface area contributed by atoms with Crippen LogP contribution in [0.4, 0.5) is 0 Å². The van der Waals surface area contributed by atoms with E-state index in [0.717, 1.165) is 12.3 Å². The Morgan fingerprint density at radius 2 is 1.76 bits per heavy atom. The van der Waals surface area contributed by atoms with Gasteiger partial charge in [0.1, 0.15) is 5.84 Å². The molecule has 0 aliphatic heterocycles. The predicted octanol–water partition coefficient (Wildman–Crippen LogP) is 3.54. The molecule has 0 bridgehead atoms. The molecule has 0 unspecified atom stereocenters. The Balaban J connectivity index is 2.09. The van der Waals surface area contributed by atoms with E-state index >= 15 is 0 Å². The zero-order valence-electron chi connectivity index (χ0n) is 11.4. The highest BCUT2D eigenvalue weighted by Gasteiger charge is 2.14. The number of amidine groups is 1. The first-order chi connectivity index (χ1) is 8.36. The topological polar surface area (TPSA) is 50.4 Å². The van der Waals surface area contributed by atoms with Crippen molar-refractivity contribution in [2.24, 2.45) is 10.8 Å². The van der Waals surface area contributed by atoms with Gasteiger partial charge in [0.25, 0.3) is 0 Å². The van der Waals surface area contributed by atoms with E-state index in [1.807, 2.05) is 0 Å². The van der Waals surface area contributed by atoms with Gasteiger partial charge in [-0.25, -0.2) is 5.84 Å². The third-order valence-electron chi connectivity index (χ3n) is 3.60. The lowest BCUT2D eigenvalue weighted by Crippen LogP contribution is -2.31. The third kappa shape index (κ3) is 6.67. The lowest BCUT2D eigenvalue weighted by atomic mass is 10.1. The number of rotatable bonds is 8. The molecule has 0 aromatic rings. The van der Waals surface area contributed by atoms with Crippen molar-refractivity contribution < 1.29 is 0 Å². The quantitative estimate of drug-likeness (QED) is 0.224. The van der Waals surface area contributed by atoms with E-state index < -0.39 is 0 Å². The molecule has 1 aliphatic rings. The van der Waals surface area contributed by atoms with Gasteiger partial charge in [-0.1, -0.05) is 51.9 Å². The van der Waals surface area contributed by atoms with E-state index in [1.54, 1.807) is 0 Å². The molecule has 0 aromatic carbocycles. The first kappa shape index (κ1) is 14.5. The summed E-state index contributed by atoms with van der Waals surface area (Å²) in [5, 5.41) is 0. The molecule has 100 valence electrons. The minimum Gasteiger partial charge on any atom is -0.312 e. The zero-order valence-corrected chi connectivity index (χ0v) is 11.4. The highest BCUT2D eigenvalue weighted by molar-refractivity contribution is 5.81. The van der Waals surface area contributed by atoms with Gasteiger partial charge in [-0.2, -0.15) is 0 Å². The molecule has 0 atom stereocenters. The number of nitrogens with zero attached hydrogens (tertiary/aromatic N) is 1. The van der Waals surface area contributed by atoms with Crippen LogP contribution in [-0.2, 0) is 0 Å². The van der Waals surface area contributed by atoms with Gasteiger partial charge in [-0.3, -0.25) is 4.99 Å². The molecule has 0 saturated heterocycles. The molecule has 1 saturated carbocycles. The Bertz CT molecular complexity index is 208. The van der Waals surface area contributed by atoms with E-state index in [-0.39, 0.29) is 0 Å². The summed E-state index contributed by atoms with van der Waals surface area (Å²) in [5.74, 6) is 6.55. The lowest BCUT2D eigenvalue weighted by molar-refractivity contribution is 0.610. The van der Waals surface area contributed by atoms with Crippen molar-refractivity contribution in [3.05, 3.63) is 0 Å². The number of aliphatic imine (C=N–C) groups is 1. The fraction of sp³-hybridized carbons (Fsp3) is 0.929. The fourth-order valence-electron chi connectivity index (χ4n) is 2.50. The van der Waals surface area contributed by atoms with Crippen LogP contribution in [0.5, 0.6) is 0 Å². The molecule has 17 heavy (non-hydrogen) atoms. The molecule has 3 nitrogen and oxygen atoms in total. The van der Waals surface area contributed by atoms with Gasteiger partial charge in [0.15, 0.2) is 0 Å². The number of nitrogens with one attached hydrogen (secondary N) is 1. The van der Waals surface area contributed by atoms with Crippen molar-refractivity contribution in [3.63, 3.8) is 0 Å². The van der Waals surface area contributed by atoms with Gasteiger partial charge in [-0.15, -0.1) is 0 Å². The molecular formula is C14H29N3. The standard InChI is InChI=1S/C14H29N3/c1-2-3-4-5-6-7-12-14(17-15)16-13-10-8-9-11-13/h13H,2-12,15H2,1H3,(H,16,17). The van der Waals surface area contributed by atoms with E-state index in [4.69, 9.17) is 10.8 Å². The maximum atomic E-state index is 5.53. The smallest absolute Gasteiger partial charge is 0.111 e. The molecule has 1 rings (SSSR count). The van der Waals surface area contributed by atoms with Gasteiger partial charge in [0.05, 0.1) is 6.04 Å². The Hall–Kier alpha value is -0.570. The molecule has 1 fully saturated rings. The number of unbranched alkanes of at least 4 members (excludes halogenated alkanes) is 5. The van der Waals surface area contributed by atoms with Crippen molar-refractivity contribution in [2.75, 3.05) is 0 Å². The van der Waals surface area contributed by atoms with Crippen LogP contribution in [0.25, 0.3) is 0 Å². The molecule has 1 aliphatic carbocycles. The van der Waals surface area contributed by atoms with Gasteiger partial charge in [0, 0.05) is 6.42 Å². The predicted molar refractivity (Wildman–Crippen MR) is 75.0 cm³/mol. The van der Waals surface area contributed by atoms with Crippen LogP contribution in [0, 0.1) is 0 Å². The third-order valence-corrected chi connectivity index (χ3v) is 3.60. The van der Waals surface area contributed by atoms with E-state index in [2.05, 4.69) is 12.3 Å². The summed E-state index contributed by atoms with van der Waals surface area (Å²) in [7, 11) is 0. The summed E-state index contributed by atoms with van der Waals surface area (Å²) in [5.41, 5.74) is 2.78. The SMILES string of the molecule is CCCCCCCCC(=NC1CCCC1)NN. The van der Waals surface area contributed by atoms with Crippen LogP contribution in [0.1, 0.15) is 77.6 Å². The second-order valence-corrected chi connectivity index (χ2v) is 5.18. The highest BCUT2D eigenvalue weighted by atomic mass is 15.3. The fourth-order valence-corrected chi connectivity index (χ4v) is 2.50. The van der Waals surface area contributed by atoms with E-state index in [1.165, 1.54) is 64.2 Å². The number of hydrogen-bond acceptors (Lipinski definition) is 2. The molecule has 0 aromatic heterocycles. The summed E-state index contributed by atoms with van der Waals surface area (Å²) >= 11 is 0. The molecule has 0 spiro atoms. The first-order valence-corrected chi connectivity index (χ1v) is 7.40. The molecular weight excluding hydrogens is 210 g/mol. The van der Waals surface area contributed by atoms with Gasteiger partial charge >= 0.3 is 0 Å². The van der Waals surface area contributed by atoms with Gasteiger partial charge in [-0.05, 0) is 19.3 Å². The summed E-state index contributed by atoms with van der Waals surface area (Å²) < 4.78 is 0. The van der Waals surface area contributed by atoms with Crippen LogP contribution in [-0.4, -0.2) is 11.9 Å². The van der Waals surface area contributed by atoms with Crippen molar-refractivity contribution in [2.45, 2.75) is 83.6 Å². The van der Waals surface area contributed by atoms with Crippen LogP contribution < -0.4 is 11.3 Å². The minimum absolute atomic E-state index is 0.543. The molecule has 0 amide bonds. The average Bonchev–Trinajstić information content (AvgIpc) is 2.85. The van der Waals surface area contributed by atoms with Crippen LogP contribution in [0.3, 0.4) is 0 Å². The zero-order chi connectivity index (χ0) is 12.3. The second kappa shape index (κ2) is 9.46. The van der Waals surface area contributed by atoms with Gasteiger partial charge in [0.2, 0.25) is 0 Å². The number of hydrazine groups is 1. The van der Waals surface area contributed by atoms with Crippen LogP contribution >= 0.6 is 0 Å². The van der Waals surface area contributed by atoms with Crippen molar-refractivity contribution >= 4 is 5.84 Å². The Morgan fingerprint density at radius 1 is 1.12 bits per heavy atom. The van der Waals surface area contributed by atoms with E-state index in [0.29, 0.717) is 6.04 Å². The summed E-state index contributed by atoms with van der Waals surface area (Å²) in [6, 6.07) is 0.543.